The predicted molar refractivity (Wildman–Crippen MR) is 104 cm³/mol. The Hall–Kier alpha value is -2.30. The molecular formula is C19H17N3O2S2. The largest absolute Gasteiger partial charge is 0.493 e. The van der Waals surface area contributed by atoms with Crippen LogP contribution in [0.5, 0.6) is 5.75 Å². The number of nitrogens with zero attached hydrogens (tertiary/aromatic N) is 3. The van der Waals surface area contributed by atoms with E-state index in [1.165, 1.54) is 22.2 Å². The second kappa shape index (κ2) is 7.14. The van der Waals surface area contributed by atoms with Crippen LogP contribution in [0.1, 0.15) is 22.4 Å². The highest BCUT2D eigenvalue weighted by atomic mass is 32.2. The molecule has 5 nitrogen and oxygen atoms in total. The van der Waals surface area contributed by atoms with Crippen molar-refractivity contribution < 1.29 is 4.74 Å². The van der Waals surface area contributed by atoms with Crippen molar-refractivity contribution >= 4 is 33.3 Å². The second-order valence-electron chi connectivity index (χ2n) is 6.13. The SMILES string of the molecule is Cn1c(SCCOc2cccc(C#N)c2)nc2sc3c(c2c1=O)CCC3. The number of hydrogen-bond donors (Lipinski definition) is 0. The minimum atomic E-state index is 0.0551. The molecule has 0 amide bonds. The zero-order valence-electron chi connectivity index (χ0n) is 14.3. The third kappa shape index (κ3) is 3.11. The van der Waals surface area contributed by atoms with Gasteiger partial charge in [-0.1, -0.05) is 17.8 Å². The zero-order chi connectivity index (χ0) is 18.1. The van der Waals surface area contributed by atoms with Crippen LogP contribution in [0.3, 0.4) is 0 Å². The Kier molecular flexibility index (Phi) is 4.70. The van der Waals surface area contributed by atoms with Crippen molar-refractivity contribution in [1.29, 1.82) is 5.26 Å². The van der Waals surface area contributed by atoms with E-state index >= 15 is 0 Å². The summed E-state index contributed by atoms with van der Waals surface area (Å²) in [6.07, 6.45) is 3.20. The number of hydrogen-bond acceptors (Lipinski definition) is 6. The van der Waals surface area contributed by atoms with E-state index in [4.69, 9.17) is 15.0 Å². The number of ether oxygens (including phenoxy) is 1. The summed E-state index contributed by atoms with van der Waals surface area (Å²) in [5.74, 6) is 1.35. The molecule has 1 aliphatic carbocycles. The van der Waals surface area contributed by atoms with E-state index in [0.29, 0.717) is 23.7 Å². The molecule has 0 aliphatic heterocycles. The van der Waals surface area contributed by atoms with Gasteiger partial charge >= 0.3 is 0 Å². The lowest BCUT2D eigenvalue weighted by molar-refractivity contribution is 0.343. The molecule has 1 aromatic carbocycles. The van der Waals surface area contributed by atoms with Crippen LogP contribution in [-0.4, -0.2) is 21.9 Å². The smallest absolute Gasteiger partial charge is 0.262 e. The van der Waals surface area contributed by atoms with Gasteiger partial charge in [-0.2, -0.15) is 5.26 Å². The van der Waals surface area contributed by atoms with Gasteiger partial charge in [0.1, 0.15) is 10.6 Å². The van der Waals surface area contributed by atoms with Gasteiger partial charge in [0.15, 0.2) is 5.16 Å². The number of nitriles is 1. The van der Waals surface area contributed by atoms with E-state index in [-0.39, 0.29) is 5.56 Å². The molecule has 2 aromatic heterocycles. The monoisotopic (exact) mass is 383 g/mol. The average molecular weight is 383 g/mol. The van der Waals surface area contributed by atoms with Crippen LogP contribution in [0, 0.1) is 11.3 Å². The standard InChI is InChI=1S/C19H17N3O2S2/c1-22-18(23)16-14-6-3-7-15(14)26-17(16)21-19(22)25-9-8-24-13-5-2-4-12(10-13)11-20/h2,4-5,10H,3,6-9H2,1H3. The molecule has 0 unspecified atom stereocenters. The van der Waals surface area contributed by atoms with Crippen LogP contribution >= 0.6 is 23.1 Å². The molecule has 26 heavy (non-hydrogen) atoms. The summed E-state index contributed by atoms with van der Waals surface area (Å²) in [7, 11) is 1.79. The van der Waals surface area contributed by atoms with Crippen molar-refractivity contribution in [1.82, 2.24) is 9.55 Å². The van der Waals surface area contributed by atoms with Crippen molar-refractivity contribution in [2.24, 2.45) is 7.05 Å². The van der Waals surface area contributed by atoms with Gasteiger partial charge in [0, 0.05) is 17.7 Å². The van der Waals surface area contributed by atoms with Crippen LogP contribution in [0.15, 0.2) is 34.2 Å². The maximum atomic E-state index is 12.7. The molecule has 0 N–H and O–H groups in total. The van der Waals surface area contributed by atoms with Crippen molar-refractivity contribution in [2.75, 3.05) is 12.4 Å². The molecule has 0 fully saturated rings. The normalized spacial score (nSPS) is 12.9. The van der Waals surface area contributed by atoms with E-state index in [1.54, 1.807) is 41.2 Å². The topological polar surface area (TPSA) is 67.9 Å². The predicted octanol–water partition coefficient (Wildman–Crippen LogP) is 3.53. The number of thioether (sulfide) groups is 1. The van der Waals surface area contributed by atoms with E-state index in [0.717, 1.165) is 34.6 Å². The van der Waals surface area contributed by atoms with Gasteiger partial charge < -0.3 is 4.74 Å². The van der Waals surface area contributed by atoms with Crippen LogP contribution in [-0.2, 0) is 19.9 Å². The Morgan fingerprint density at radius 1 is 1.42 bits per heavy atom. The first-order valence-electron chi connectivity index (χ1n) is 8.44. The number of aromatic nitrogens is 2. The Morgan fingerprint density at radius 2 is 2.31 bits per heavy atom. The Morgan fingerprint density at radius 3 is 3.15 bits per heavy atom. The Bertz CT molecular complexity index is 1080. The lowest BCUT2D eigenvalue weighted by Crippen LogP contribution is -2.20. The van der Waals surface area contributed by atoms with Gasteiger partial charge in [0.25, 0.3) is 5.56 Å². The van der Waals surface area contributed by atoms with Crippen LogP contribution in [0.4, 0.5) is 0 Å². The lowest BCUT2D eigenvalue weighted by atomic mass is 10.2. The fraction of sp³-hybridized carbons (Fsp3) is 0.316. The van der Waals surface area contributed by atoms with Gasteiger partial charge in [0.05, 0.1) is 23.6 Å². The van der Waals surface area contributed by atoms with E-state index < -0.39 is 0 Å². The maximum Gasteiger partial charge on any atom is 0.262 e. The lowest BCUT2D eigenvalue weighted by Gasteiger charge is -2.09. The summed E-state index contributed by atoms with van der Waals surface area (Å²) in [4.78, 5) is 19.7. The third-order valence-corrected chi connectivity index (χ3v) is 6.63. The summed E-state index contributed by atoms with van der Waals surface area (Å²) < 4.78 is 7.34. The molecule has 1 aliphatic rings. The molecule has 0 atom stereocenters. The average Bonchev–Trinajstić information content (AvgIpc) is 3.23. The molecule has 3 aromatic rings. The van der Waals surface area contributed by atoms with Crippen LogP contribution in [0.2, 0.25) is 0 Å². The molecule has 0 saturated carbocycles. The molecule has 0 radical (unpaired) electrons. The minimum Gasteiger partial charge on any atom is -0.493 e. The minimum absolute atomic E-state index is 0.0551. The van der Waals surface area contributed by atoms with E-state index in [2.05, 4.69) is 6.07 Å². The first-order valence-corrected chi connectivity index (χ1v) is 10.2. The fourth-order valence-corrected chi connectivity index (χ4v) is 5.27. The number of fused-ring (bicyclic) bond motifs is 3. The molecule has 0 saturated heterocycles. The second-order valence-corrected chi connectivity index (χ2v) is 8.28. The third-order valence-electron chi connectivity index (χ3n) is 4.45. The summed E-state index contributed by atoms with van der Waals surface area (Å²) >= 11 is 3.18. The van der Waals surface area contributed by atoms with Crippen molar-refractivity contribution in [3.05, 3.63) is 50.6 Å². The van der Waals surface area contributed by atoms with Crippen LogP contribution < -0.4 is 10.3 Å². The van der Waals surface area contributed by atoms with E-state index in [9.17, 15) is 4.79 Å². The molecule has 0 bridgehead atoms. The number of benzene rings is 1. The first-order chi connectivity index (χ1) is 12.7. The van der Waals surface area contributed by atoms with Crippen molar-refractivity contribution in [3.63, 3.8) is 0 Å². The van der Waals surface area contributed by atoms with Gasteiger partial charge in [0.2, 0.25) is 0 Å². The number of aryl methyl sites for hydroxylation is 2. The van der Waals surface area contributed by atoms with Gasteiger partial charge in [-0.3, -0.25) is 9.36 Å². The molecule has 0 spiro atoms. The molecule has 7 heteroatoms. The van der Waals surface area contributed by atoms with E-state index in [1.807, 2.05) is 6.07 Å². The fourth-order valence-electron chi connectivity index (χ4n) is 3.18. The highest BCUT2D eigenvalue weighted by Gasteiger charge is 2.22. The summed E-state index contributed by atoms with van der Waals surface area (Å²) in [6, 6.07) is 9.20. The zero-order valence-corrected chi connectivity index (χ0v) is 16.0. The Labute approximate surface area is 159 Å². The molecule has 4 rings (SSSR count). The van der Waals surface area contributed by atoms with Crippen molar-refractivity contribution in [2.45, 2.75) is 24.4 Å². The van der Waals surface area contributed by atoms with Crippen LogP contribution in [0.25, 0.3) is 10.2 Å². The molecule has 2 heterocycles. The summed E-state index contributed by atoms with van der Waals surface area (Å²) in [5.41, 5.74) is 1.85. The molecular weight excluding hydrogens is 366 g/mol. The van der Waals surface area contributed by atoms with Crippen molar-refractivity contribution in [3.8, 4) is 11.8 Å². The summed E-state index contributed by atoms with van der Waals surface area (Å²) in [5, 5.41) is 10.5. The first kappa shape index (κ1) is 17.1. The van der Waals surface area contributed by atoms with Gasteiger partial charge in [-0.05, 0) is 43.0 Å². The quantitative estimate of drug-likeness (QED) is 0.383. The highest BCUT2D eigenvalue weighted by molar-refractivity contribution is 7.99. The number of thiophene rings is 1. The number of rotatable bonds is 5. The highest BCUT2D eigenvalue weighted by Crippen LogP contribution is 2.35. The van der Waals surface area contributed by atoms with Gasteiger partial charge in [-0.25, -0.2) is 4.98 Å². The summed E-state index contributed by atoms with van der Waals surface area (Å²) in [6.45, 7) is 0.481. The van der Waals surface area contributed by atoms with Gasteiger partial charge in [-0.15, -0.1) is 11.3 Å². The Balaban J connectivity index is 1.47. The molecule has 132 valence electrons. The maximum absolute atomic E-state index is 12.7.